The maximum atomic E-state index is 12.6. The summed E-state index contributed by atoms with van der Waals surface area (Å²) in [6.07, 6.45) is 0.642. The molecule has 1 amide bonds. The third-order valence-corrected chi connectivity index (χ3v) is 6.66. The minimum atomic E-state index is -0.177. The molecule has 1 aliphatic carbocycles. The second kappa shape index (κ2) is 6.64. The highest BCUT2D eigenvalue weighted by molar-refractivity contribution is 7.99. The van der Waals surface area contributed by atoms with E-state index in [1.54, 1.807) is 11.8 Å². The van der Waals surface area contributed by atoms with Crippen molar-refractivity contribution in [3.8, 4) is 0 Å². The molecule has 0 bridgehead atoms. The van der Waals surface area contributed by atoms with Gasteiger partial charge in [0.25, 0.3) is 0 Å². The molecule has 4 nitrogen and oxygen atoms in total. The smallest absolute Gasteiger partial charge is 0.410 e. The Labute approximate surface area is 162 Å². The predicted octanol–water partition coefficient (Wildman–Crippen LogP) is 5.33. The van der Waals surface area contributed by atoms with Crippen molar-refractivity contribution in [1.29, 1.82) is 0 Å². The number of para-hydroxylation sites is 1. The minimum absolute atomic E-state index is 0.0104. The molecule has 5 rings (SSSR count). The normalized spacial score (nSPS) is 24.0. The largest absolute Gasteiger partial charge is 0.443 e. The molecule has 2 aromatic carbocycles. The predicted molar refractivity (Wildman–Crippen MR) is 108 cm³/mol. The number of carbonyl (C=O) groups is 1. The number of rotatable bonds is 4. The second-order valence-corrected chi connectivity index (χ2v) is 8.52. The first-order chi connectivity index (χ1) is 13.2. The number of amides is 1. The third kappa shape index (κ3) is 2.81. The molecular weight excluding hydrogens is 356 g/mol. The van der Waals surface area contributed by atoms with E-state index >= 15 is 0 Å². The quantitative estimate of drug-likeness (QED) is 0.624. The molecule has 1 N–H and O–H groups in total. The molecule has 1 aromatic heterocycles. The van der Waals surface area contributed by atoms with Crippen molar-refractivity contribution in [3.05, 3.63) is 65.9 Å². The lowest BCUT2D eigenvalue weighted by Crippen LogP contribution is -2.34. The average molecular weight is 378 g/mol. The van der Waals surface area contributed by atoms with Crippen LogP contribution in [0.25, 0.3) is 10.9 Å². The molecular formula is C22H22N2O2S. The number of aromatic nitrogens is 1. The van der Waals surface area contributed by atoms with E-state index in [4.69, 9.17) is 4.74 Å². The Bertz CT molecular complexity index is 984. The molecule has 2 heterocycles. The van der Waals surface area contributed by atoms with Gasteiger partial charge in [-0.3, -0.25) is 4.90 Å². The molecule has 0 unspecified atom stereocenters. The van der Waals surface area contributed by atoms with Crippen LogP contribution in [0.1, 0.15) is 36.6 Å². The van der Waals surface area contributed by atoms with Gasteiger partial charge in [-0.2, -0.15) is 0 Å². The standard InChI is InChI=1S/C22H22N2O2S/c1-14-13-18-21(19-16-9-5-6-10-17(16)23-20(14)19)24(22(25)26-18)11-12-27-15-7-3-2-4-8-15/h2-10,14,18,21,23H,11-13H2,1H3/t14-,18-,21-/m0/s1. The van der Waals surface area contributed by atoms with Crippen molar-refractivity contribution in [1.82, 2.24) is 9.88 Å². The Morgan fingerprint density at radius 2 is 1.93 bits per heavy atom. The Kier molecular flexibility index (Phi) is 4.12. The first-order valence-electron chi connectivity index (χ1n) is 9.48. The molecule has 1 aliphatic heterocycles. The summed E-state index contributed by atoms with van der Waals surface area (Å²) >= 11 is 1.78. The van der Waals surface area contributed by atoms with Crippen LogP contribution in [0.3, 0.4) is 0 Å². The SMILES string of the molecule is C[C@H]1C[C@@H]2OC(=O)N(CCSc3ccccc3)[C@@H]2c2c1[nH]c1ccccc21. The van der Waals surface area contributed by atoms with Crippen LogP contribution in [0.4, 0.5) is 4.79 Å². The van der Waals surface area contributed by atoms with E-state index < -0.39 is 0 Å². The summed E-state index contributed by atoms with van der Waals surface area (Å²) in [7, 11) is 0. The van der Waals surface area contributed by atoms with Gasteiger partial charge in [0.1, 0.15) is 6.10 Å². The number of benzene rings is 2. The number of nitrogens with zero attached hydrogens (tertiary/aromatic N) is 1. The van der Waals surface area contributed by atoms with Crippen LogP contribution in [0.15, 0.2) is 59.5 Å². The third-order valence-electron chi connectivity index (χ3n) is 5.67. The molecule has 27 heavy (non-hydrogen) atoms. The van der Waals surface area contributed by atoms with Crippen molar-refractivity contribution in [3.63, 3.8) is 0 Å². The van der Waals surface area contributed by atoms with E-state index in [0.717, 1.165) is 17.7 Å². The number of ether oxygens (including phenoxy) is 1. The summed E-state index contributed by atoms with van der Waals surface area (Å²) in [6, 6.07) is 18.7. The van der Waals surface area contributed by atoms with Crippen LogP contribution in [0.2, 0.25) is 0 Å². The van der Waals surface area contributed by atoms with Crippen molar-refractivity contribution >= 4 is 28.8 Å². The molecule has 3 atom stereocenters. The first-order valence-corrected chi connectivity index (χ1v) is 10.5. The van der Waals surface area contributed by atoms with Crippen LogP contribution >= 0.6 is 11.8 Å². The van der Waals surface area contributed by atoms with Crippen LogP contribution < -0.4 is 0 Å². The summed E-state index contributed by atoms with van der Waals surface area (Å²) in [6.45, 7) is 2.90. The lowest BCUT2D eigenvalue weighted by Gasteiger charge is -2.32. The molecule has 1 saturated heterocycles. The highest BCUT2D eigenvalue weighted by Gasteiger charge is 2.48. The van der Waals surface area contributed by atoms with Crippen molar-refractivity contribution in [2.75, 3.05) is 12.3 Å². The van der Waals surface area contributed by atoms with Gasteiger partial charge in [-0.25, -0.2) is 4.79 Å². The number of hydrogen-bond acceptors (Lipinski definition) is 3. The zero-order valence-electron chi connectivity index (χ0n) is 15.2. The van der Waals surface area contributed by atoms with Gasteiger partial charge in [0.2, 0.25) is 0 Å². The summed E-state index contributed by atoms with van der Waals surface area (Å²) in [5.74, 6) is 1.22. The maximum absolute atomic E-state index is 12.6. The van der Waals surface area contributed by atoms with Gasteiger partial charge in [0.15, 0.2) is 0 Å². The number of fused-ring (bicyclic) bond motifs is 5. The van der Waals surface area contributed by atoms with Gasteiger partial charge in [-0.05, 0) is 24.6 Å². The Balaban J connectivity index is 1.45. The molecule has 0 spiro atoms. The zero-order chi connectivity index (χ0) is 18.4. The number of thioether (sulfide) groups is 1. The summed E-state index contributed by atoms with van der Waals surface area (Å²) < 4.78 is 5.79. The van der Waals surface area contributed by atoms with Crippen LogP contribution in [-0.4, -0.2) is 34.4 Å². The number of H-pyrrole nitrogens is 1. The summed E-state index contributed by atoms with van der Waals surface area (Å²) in [5.41, 5.74) is 3.66. The highest BCUT2D eigenvalue weighted by atomic mass is 32.2. The molecule has 0 radical (unpaired) electrons. The van der Waals surface area contributed by atoms with Gasteiger partial charge >= 0.3 is 6.09 Å². The number of aromatic amines is 1. The van der Waals surface area contributed by atoms with Gasteiger partial charge in [0.05, 0.1) is 6.04 Å². The van der Waals surface area contributed by atoms with Gasteiger partial charge in [-0.15, -0.1) is 11.8 Å². The monoisotopic (exact) mass is 378 g/mol. The molecule has 0 saturated carbocycles. The summed E-state index contributed by atoms with van der Waals surface area (Å²) in [4.78, 5) is 19.4. The Hall–Kier alpha value is -2.40. The number of nitrogens with one attached hydrogen (secondary N) is 1. The van der Waals surface area contributed by atoms with Gasteiger partial charge < -0.3 is 9.72 Å². The molecule has 138 valence electrons. The van der Waals surface area contributed by atoms with Crippen molar-refractivity contribution in [2.24, 2.45) is 0 Å². The fraction of sp³-hybridized carbons (Fsp3) is 0.318. The fourth-order valence-corrected chi connectivity index (χ4v) is 5.33. The van der Waals surface area contributed by atoms with E-state index in [2.05, 4.69) is 48.3 Å². The van der Waals surface area contributed by atoms with Crippen LogP contribution in [-0.2, 0) is 4.74 Å². The molecule has 3 aromatic rings. The van der Waals surface area contributed by atoms with E-state index in [9.17, 15) is 4.79 Å². The van der Waals surface area contributed by atoms with Crippen LogP contribution in [0, 0.1) is 0 Å². The molecule has 1 fully saturated rings. The van der Waals surface area contributed by atoms with Crippen molar-refractivity contribution < 1.29 is 9.53 Å². The van der Waals surface area contributed by atoms with Gasteiger partial charge in [-0.1, -0.05) is 43.3 Å². The summed E-state index contributed by atoms with van der Waals surface area (Å²) in [5, 5.41) is 1.22. The number of carbonyl (C=O) groups excluding carboxylic acids is 1. The van der Waals surface area contributed by atoms with Crippen molar-refractivity contribution in [2.45, 2.75) is 36.3 Å². The van der Waals surface area contributed by atoms with Gasteiger partial charge in [0, 0.05) is 45.3 Å². The Morgan fingerprint density at radius 3 is 2.78 bits per heavy atom. The van der Waals surface area contributed by atoms with Crippen LogP contribution in [0.5, 0.6) is 0 Å². The van der Waals surface area contributed by atoms with E-state index in [0.29, 0.717) is 12.5 Å². The van der Waals surface area contributed by atoms with E-state index in [1.165, 1.54) is 21.5 Å². The molecule has 2 aliphatic rings. The lowest BCUT2D eigenvalue weighted by atomic mass is 9.82. The average Bonchev–Trinajstić information content (AvgIpc) is 3.21. The zero-order valence-corrected chi connectivity index (χ0v) is 16.0. The topological polar surface area (TPSA) is 45.3 Å². The fourth-order valence-electron chi connectivity index (χ4n) is 4.46. The molecule has 5 heteroatoms. The number of hydrogen-bond donors (Lipinski definition) is 1. The van der Waals surface area contributed by atoms with E-state index in [-0.39, 0.29) is 18.2 Å². The Morgan fingerprint density at radius 1 is 1.15 bits per heavy atom. The minimum Gasteiger partial charge on any atom is -0.443 e. The first kappa shape index (κ1) is 16.8. The highest BCUT2D eigenvalue weighted by Crippen LogP contribution is 2.48. The van der Waals surface area contributed by atoms with E-state index in [1.807, 2.05) is 23.1 Å². The lowest BCUT2D eigenvalue weighted by molar-refractivity contribution is 0.117. The second-order valence-electron chi connectivity index (χ2n) is 7.36. The maximum Gasteiger partial charge on any atom is 0.410 e.